The number of rotatable bonds is 5. The van der Waals surface area contributed by atoms with E-state index in [9.17, 15) is 13.2 Å². The number of hydrogen-bond donors (Lipinski definition) is 2. The zero-order valence-electron chi connectivity index (χ0n) is 10.5. The van der Waals surface area contributed by atoms with Gasteiger partial charge < -0.3 is 10.1 Å². The number of nitrogens with two attached hydrogens (primary N) is 1. The Labute approximate surface area is 120 Å². The van der Waals surface area contributed by atoms with Crippen LogP contribution in [0, 0.1) is 0 Å². The van der Waals surface area contributed by atoms with Crippen molar-refractivity contribution in [3.63, 3.8) is 0 Å². The number of ether oxygens (including phenoxy) is 1. The quantitative estimate of drug-likeness (QED) is 0.785. The molecule has 0 fully saturated rings. The first-order valence-corrected chi connectivity index (χ1v) is 7.91. The molecule has 1 atom stereocenters. The molecule has 1 rings (SSSR count). The SMILES string of the molecule is CCC(Br)C(=O)Nc1cc(S(N)(=O)=O)ccc1OC. The average molecular weight is 351 g/mol. The third-order valence-corrected chi connectivity index (χ3v) is 4.37. The fourth-order valence-electron chi connectivity index (χ4n) is 1.36. The molecule has 6 nitrogen and oxygen atoms in total. The minimum Gasteiger partial charge on any atom is -0.495 e. The summed E-state index contributed by atoms with van der Waals surface area (Å²) in [5.41, 5.74) is 0.261. The number of sulfonamides is 1. The molecule has 1 aromatic rings. The van der Waals surface area contributed by atoms with Gasteiger partial charge in [-0.1, -0.05) is 22.9 Å². The molecule has 1 amide bonds. The maximum Gasteiger partial charge on any atom is 0.238 e. The normalized spacial score (nSPS) is 12.8. The predicted octanol–water partition coefficient (Wildman–Crippen LogP) is 1.45. The minimum atomic E-state index is -3.83. The van der Waals surface area contributed by atoms with Crippen LogP contribution >= 0.6 is 15.9 Å². The molecular weight excluding hydrogens is 336 g/mol. The number of hydrogen-bond acceptors (Lipinski definition) is 4. The Hall–Kier alpha value is -1.12. The van der Waals surface area contributed by atoms with Gasteiger partial charge in [0.25, 0.3) is 0 Å². The Morgan fingerprint density at radius 3 is 2.63 bits per heavy atom. The molecule has 8 heteroatoms. The first-order valence-electron chi connectivity index (χ1n) is 5.45. The number of amides is 1. The van der Waals surface area contributed by atoms with Gasteiger partial charge in [0.15, 0.2) is 0 Å². The highest BCUT2D eigenvalue weighted by Crippen LogP contribution is 2.27. The number of halogens is 1. The molecule has 0 aliphatic heterocycles. The van der Waals surface area contributed by atoms with Gasteiger partial charge in [0.1, 0.15) is 5.75 Å². The van der Waals surface area contributed by atoms with Crippen LogP contribution in [-0.4, -0.2) is 26.3 Å². The lowest BCUT2D eigenvalue weighted by Crippen LogP contribution is -2.22. The van der Waals surface area contributed by atoms with E-state index < -0.39 is 10.0 Å². The van der Waals surface area contributed by atoms with Gasteiger partial charge in [-0.2, -0.15) is 0 Å². The summed E-state index contributed by atoms with van der Waals surface area (Å²) in [6, 6.07) is 4.02. The van der Waals surface area contributed by atoms with Gasteiger partial charge in [0.2, 0.25) is 15.9 Å². The zero-order chi connectivity index (χ0) is 14.6. The smallest absolute Gasteiger partial charge is 0.238 e. The Kier molecular flexibility index (Phi) is 5.33. The van der Waals surface area contributed by atoms with Crippen LogP contribution < -0.4 is 15.2 Å². The van der Waals surface area contributed by atoms with E-state index in [4.69, 9.17) is 9.88 Å². The van der Waals surface area contributed by atoms with Crippen LogP contribution in [0.4, 0.5) is 5.69 Å². The van der Waals surface area contributed by atoms with E-state index >= 15 is 0 Å². The lowest BCUT2D eigenvalue weighted by atomic mass is 10.2. The highest BCUT2D eigenvalue weighted by Gasteiger charge is 2.17. The van der Waals surface area contributed by atoms with E-state index in [1.54, 1.807) is 0 Å². The molecule has 0 heterocycles. The summed E-state index contributed by atoms with van der Waals surface area (Å²) in [5.74, 6) is 0.0731. The van der Waals surface area contributed by atoms with E-state index in [1.165, 1.54) is 25.3 Å². The number of anilines is 1. The van der Waals surface area contributed by atoms with Crippen LogP contribution in [0.5, 0.6) is 5.75 Å². The summed E-state index contributed by atoms with van der Waals surface area (Å²) >= 11 is 3.21. The average Bonchev–Trinajstić information content (AvgIpc) is 2.36. The summed E-state index contributed by atoms with van der Waals surface area (Å²) < 4.78 is 27.6. The highest BCUT2D eigenvalue weighted by molar-refractivity contribution is 9.10. The van der Waals surface area contributed by atoms with Crippen LogP contribution in [-0.2, 0) is 14.8 Å². The first-order chi connectivity index (χ1) is 8.79. The van der Waals surface area contributed by atoms with Gasteiger partial charge in [-0.3, -0.25) is 4.79 Å². The van der Waals surface area contributed by atoms with Gasteiger partial charge in [-0.15, -0.1) is 0 Å². The zero-order valence-corrected chi connectivity index (χ0v) is 12.9. The van der Waals surface area contributed by atoms with E-state index in [2.05, 4.69) is 21.2 Å². The summed E-state index contributed by atoms with van der Waals surface area (Å²) in [6.45, 7) is 1.84. The lowest BCUT2D eigenvalue weighted by molar-refractivity contribution is -0.115. The number of carbonyl (C=O) groups excluding carboxylic acids is 1. The molecule has 0 spiro atoms. The van der Waals surface area contributed by atoms with Crippen LogP contribution in [0.25, 0.3) is 0 Å². The number of carbonyl (C=O) groups is 1. The van der Waals surface area contributed by atoms with Gasteiger partial charge in [0, 0.05) is 0 Å². The fourth-order valence-corrected chi connectivity index (χ4v) is 2.01. The van der Waals surface area contributed by atoms with E-state index in [0.29, 0.717) is 12.2 Å². The maximum atomic E-state index is 11.8. The van der Waals surface area contributed by atoms with Gasteiger partial charge in [-0.25, -0.2) is 13.6 Å². The number of benzene rings is 1. The molecule has 0 aliphatic rings. The second-order valence-electron chi connectivity index (χ2n) is 3.77. The van der Waals surface area contributed by atoms with E-state index in [1.807, 2.05) is 6.92 Å². The molecule has 19 heavy (non-hydrogen) atoms. The Morgan fingerprint density at radius 1 is 1.53 bits per heavy atom. The second kappa shape index (κ2) is 6.36. The van der Waals surface area contributed by atoms with Crippen LogP contribution in [0.1, 0.15) is 13.3 Å². The van der Waals surface area contributed by atoms with Crippen molar-refractivity contribution in [2.24, 2.45) is 5.14 Å². The number of methoxy groups -OCH3 is 1. The summed E-state index contributed by atoms with van der Waals surface area (Å²) in [4.78, 5) is 11.3. The summed E-state index contributed by atoms with van der Waals surface area (Å²) in [6.07, 6.45) is 0.600. The Morgan fingerprint density at radius 2 is 2.16 bits per heavy atom. The van der Waals surface area contributed by atoms with Crippen molar-refractivity contribution in [3.8, 4) is 5.75 Å². The van der Waals surface area contributed by atoms with Crippen molar-refractivity contribution < 1.29 is 17.9 Å². The highest BCUT2D eigenvalue weighted by atomic mass is 79.9. The fraction of sp³-hybridized carbons (Fsp3) is 0.364. The molecule has 0 saturated carbocycles. The lowest BCUT2D eigenvalue weighted by Gasteiger charge is -2.13. The predicted molar refractivity (Wildman–Crippen MR) is 76.0 cm³/mol. The largest absolute Gasteiger partial charge is 0.495 e. The van der Waals surface area contributed by atoms with E-state index in [-0.39, 0.29) is 21.3 Å². The van der Waals surface area contributed by atoms with Crippen molar-refractivity contribution in [2.75, 3.05) is 12.4 Å². The van der Waals surface area contributed by atoms with Crippen molar-refractivity contribution in [2.45, 2.75) is 23.1 Å². The van der Waals surface area contributed by atoms with Crippen LogP contribution in [0.15, 0.2) is 23.1 Å². The van der Waals surface area contributed by atoms with Gasteiger partial charge in [0.05, 0.1) is 22.5 Å². The summed E-state index contributed by atoms with van der Waals surface area (Å²) in [5, 5.41) is 7.64. The monoisotopic (exact) mass is 350 g/mol. The molecule has 0 aromatic heterocycles. The standard InChI is InChI=1S/C11H15BrN2O4S/c1-3-8(12)11(15)14-9-6-7(19(13,16)17)4-5-10(9)18-2/h4-6,8H,3H2,1-2H3,(H,14,15)(H2,13,16,17). The molecule has 0 saturated heterocycles. The number of nitrogens with one attached hydrogen (secondary N) is 1. The van der Waals surface area contributed by atoms with Crippen molar-refractivity contribution in [1.29, 1.82) is 0 Å². The van der Waals surface area contributed by atoms with Crippen molar-refractivity contribution in [1.82, 2.24) is 0 Å². The Balaban J connectivity index is 3.14. The molecule has 106 valence electrons. The second-order valence-corrected chi connectivity index (χ2v) is 6.44. The van der Waals surface area contributed by atoms with Crippen LogP contribution in [0.3, 0.4) is 0 Å². The van der Waals surface area contributed by atoms with Crippen LogP contribution in [0.2, 0.25) is 0 Å². The summed E-state index contributed by atoms with van der Waals surface area (Å²) in [7, 11) is -2.41. The Bertz CT molecular complexity index is 574. The molecule has 1 aromatic carbocycles. The molecule has 1 unspecified atom stereocenters. The number of primary sulfonamides is 1. The van der Waals surface area contributed by atoms with Gasteiger partial charge >= 0.3 is 0 Å². The van der Waals surface area contributed by atoms with Crippen molar-refractivity contribution >= 4 is 37.5 Å². The minimum absolute atomic E-state index is 0.0915. The molecule has 0 radical (unpaired) electrons. The third kappa shape index (κ3) is 4.19. The van der Waals surface area contributed by atoms with E-state index in [0.717, 1.165) is 0 Å². The molecule has 0 aliphatic carbocycles. The topological polar surface area (TPSA) is 98.5 Å². The third-order valence-electron chi connectivity index (χ3n) is 2.40. The van der Waals surface area contributed by atoms with Crippen molar-refractivity contribution in [3.05, 3.63) is 18.2 Å². The molecular formula is C11H15BrN2O4S. The van der Waals surface area contributed by atoms with Gasteiger partial charge in [-0.05, 0) is 24.6 Å². The molecule has 3 N–H and O–H groups in total. The molecule has 0 bridgehead atoms. The maximum absolute atomic E-state index is 11.8. The number of alkyl halides is 1. The first kappa shape index (κ1) is 15.9.